The van der Waals surface area contributed by atoms with E-state index in [0.717, 1.165) is 22.4 Å². The summed E-state index contributed by atoms with van der Waals surface area (Å²) in [6.45, 7) is 4.70. The predicted molar refractivity (Wildman–Crippen MR) is 81.1 cm³/mol. The maximum atomic E-state index is 11.6. The molecule has 6 nitrogen and oxygen atoms in total. The third-order valence-corrected chi connectivity index (χ3v) is 3.45. The van der Waals surface area contributed by atoms with Crippen molar-refractivity contribution >= 4 is 28.3 Å². The number of aryl methyl sites for hydroxylation is 2. The number of nitrogens with two attached hydrogens (primary N) is 1. The van der Waals surface area contributed by atoms with Crippen LogP contribution >= 0.6 is 0 Å². The van der Waals surface area contributed by atoms with Crippen LogP contribution in [0.3, 0.4) is 0 Å². The van der Waals surface area contributed by atoms with Crippen molar-refractivity contribution in [3.63, 3.8) is 0 Å². The number of esters is 1. The molecule has 0 bridgehead atoms. The maximum absolute atomic E-state index is 11.6. The van der Waals surface area contributed by atoms with Crippen molar-refractivity contribution in [3.8, 4) is 0 Å². The highest BCUT2D eigenvalue weighted by molar-refractivity contribution is 5.84. The van der Waals surface area contributed by atoms with Crippen LogP contribution in [0.2, 0.25) is 0 Å². The molecule has 0 spiro atoms. The summed E-state index contributed by atoms with van der Waals surface area (Å²) in [4.78, 5) is 11.6. The topological polar surface area (TPSA) is 74.5 Å². The lowest BCUT2D eigenvalue weighted by atomic mass is 10.2. The average Bonchev–Trinajstić information content (AvgIpc) is 2.92. The Morgan fingerprint density at radius 3 is 2.90 bits per heavy atom. The number of aromatic nitrogens is 3. The van der Waals surface area contributed by atoms with E-state index in [9.17, 15) is 4.79 Å². The number of carbonyl (C=O) groups is 1. The van der Waals surface area contributed by atoms with Gasteiger partial charge in [0.15, 0.2) is 0 Å². The summed E-state index contributed by atoms with van der Waals surface area (Å²) in [5.74, 6) is -0.197. The van der Waals surface area contributed by atoms with E-state index in [1.54, 1.807) is 0 Å². The Hall–Kier alpha value is -2.50. The van der Waals surface area contributed by atoms with Gasteiger partial charge in [-0.3, -0.25) is 4.79 Å². The Bertz CT molecular complexity index is 816. The smallest absolute Gasteiger partial charge is 0.307 e. The number of hydrogen-bond donors (Lipinski definition) is 1. The molecular weight excluding hydrogens is 268 g/mol. The first kappa shape index (κ1) is 13.5. The van der Waals surface area contributed by atoms with Crippen LogP contribution in [0.4, 0.5) is 5.69 Å². The summed E-state index contributed by atoms with van der Waals surface area (Å²) in [5, 5.41) is 4.49. The molecule has 3 rings (SSSR count). The summed E-state index contributed by atoms with van der Waals surface area (Å²) in [6.07, 6.45) is 0.326. The minimum absolute atomic E-state index is 0.197. The van der Waals surface area contributed by atoms with Gasteiger partial charge in [0, 0.05) is 18.3 Å². The van der Waals surface area contributed by atoms with Crippen molar-refractivity contribution in [1.82, 2.24) is 14.2 Å². The second-order valence-corrected chi connectivity index (χ2v) is 5.01. The molecule has 1 aromatic carbocycles. The van der Waals surface area contributed by atoms with Crippen LogP contribution in [-0.4, -0.2) is 26.8 Å². The van der Waals surface area contributed by atoms with Crippen molar-refractivity contribution in [2.75, 3.05) is 12.3 Å². The normalized spacial score (nSPS) is 11.3. The van der Waals surface area contributed by atoms with Crippen LogP contribution in [-0.2, 0) is 16.1 Å². The molecule has 0 aliphatic rings. The van der Waals surface area contributed by atoms with E-state index in [1.807, 2.05) is 42.6 Å². The fourth-order valence-corrected chi connectivity index (χ4v) is 2.59. The van der Waals surface area contributed by atoms with E-state index in [2.05, 4.69) is 9.67 Å². The highest BCUT2D eigenvalue weighted by Crippen LogP contribution is 2.24. The second-order valence-electron chi connectivity index (χ2n) is 5.01. The third kappa shape index (κ3) is 2.33. The molecule has 0 saturated carbocycles. The molecule has 0 saturated heterocycles. The van der Waals surface area contributed by atoms with Crippen molar-refractivity contribution < 1.29 is 9.53 Å². The quantitative estimate of drug-likeness (QED) is 0.589. The molecule has 0 fully saturated rings. The second kappa shape index (κ2) is 5.12. The highest BCUT2D eigenvalue weighted by atomic mass is 16.5. The molecule has 3 aromatic rings. The number of hydrogen-bond acceptors (Lipinski definition) is 4. The van der Waals surface area contributed by atoms with Gasteiger partial charge >= 0.3 is 5.97 Å². The summed E-state index contributed by atoms with van der Waals surface area (Å²) < 4.78 is 8.94. The first-order chi connectivity index (χ1) is 10.1. The first-order valence-electron chi connectivity index (χ1n) is 7.00. The maximum Gasteiger partial charge on any atom is 0.307 e. The minimum Gasteiger partial charge on any atom is -0.466 e. The van der Waals surface area contributed by atoms with E-state index in [1.165, 1.54) is 0 Å². The van der Waals surface area contributed by atoms with Gasteiger partial charge in [-0.05, 0) is 32.0 Å². The van der Waals surface area contributed by atoms with Gasteiger partial charge in [-0.25, -0.2) is 4.52 Å². The SMILES string of the molecule is CCOC(=O)CCn1c2cc(N)ccc2n2nc(C)cc12. The van der Waals surface area contributed by atoms with Crippen LogP contribution in [0.1, 0.15) is 19.0 Å². The lowest BCUT2D eigenvalue weighted by Gasteiger charge is -2.06. The van der Waals surface area contributed by atoms with Gasteiger partial charge in [0.1, 0.15) is 5.65 Å². The molecule has 0 unspecified atom stereocenters. The van der Waals surface area contributed by atoms with E-state index in [0.29, 0.717) is 25.3 Å². The van der Waals surface area contributed by atoms with Crippen LogP contribution in [0.25, 0.3) is 16.7 Å². The van der Waals surface area contributed by atoms with Gasteiger partial charge in [0.05, 0.1) is 29.8 Å². The number of rotatable bonds is 4. The number of ether oxygens (including phenoxy) is 1. The molecule has 0 amide bonds. The number of anilines is 1. The highest BCUT2D eigenvalue weighted by Gasteiger charge is 2.14. The van der Waals surface area contributed by atoms with Gasteiger partial charge in [0.25, 0.3) is 0 Å². The number of fused-ring (bicyclic) bond motifs is 3. The number of nitrogens with zero attached hydrogens (tertiary/aromatic N) is 3. The molecular formula is C15H18N4O2. The molecule has 0 aliphatic heterocycles. The minimum atomic E-state index is -0.197. The number of nitrogen functional groups attached to an aromatic ring is 1. The molecule has 21 heavy (non-hydrogen) atoms. The monoisotopic (exact) mass is 286 g/mol. The van der Waals surface area contributed by atoms with Crippen molar-refractivity contribution in [2.45, 2.75) is 26.8 Å². The first-order valence-corrected chi connectivity index (χ1v) is 7.00. The zero-order valence-electron chi connectivity index (χ0n) is 12.2. The van der Waals surface area contributed by atoms with Crippen molar-refractivity contribution in [3.05, 3.63) is 30.0 Å². The molecule has 0 radical (unpaired) electrons. The van der Waals surface area contributed by atoms with Crippen LogP contribution in [0, 0.1) is 6.92 Å². The van der Waals surface area contributed by atoms with E-state index >= 15 is 0 Å². The number of imidazole rings is 1. The fourth-order valence-electron chi connectivity index (χ4n) is 2.59. The number of benzene rings is 1. The van der Waals surface area contributed by atoms with Crippen molar-refractivity contribution in [2.24, 2.45) is 0 Å². The molecule has 2 aromatic heterocycles. The molecule has 2 heterocycles. The van der Waals surface area contributed by atoms with Crippen LogP contribution in [0.5, 0.6) is 0 Å². The van der Waals surface area contributed by atoms with Crippen LogP contribution < -0.4 is 5.73 Å². The molecule has 6 heteroatoms. The summed E-state index contributed by atoms with van der Waals surface area (Å²) >= 11 is 0. The standard InChI is InChI=1S/C15H18N4O2/c1-3-21-15(20)6-7-18-13-9-11(16)4-5-12(13)19-14(18)8-10(2)17-19/h4-5,8-9H,3,6-7,16H2,1-2H3. The Balaban J connectivity index is 2.08. The van der Waals surface area contributed by atoms with E-state index < -0.39 is 0 Å². The lowest BCUT2D eigenvalue weighted by Crippen LogP contribution is -2.09. The summed E-state index contributed by atoms with van der Waals surface area (Å²) in [7, 11) is 0. The fraction of sp³-hybridized carbons (Fsp3) is 0.333. The number of carbonyl (C=O) groups excluding carboxylic acids is 1. The molecule has 0 atom stereocenters. The van der Waals surface area contributed by atoms with Gasteiger partial charge in [-0.2, -0.15) is 5.10 Å². The Labute approximate surface area is 122 Å². The Kier molecular flexibility index (Phi) is 3.29. The van der Waals surface area contributed by atoms with Gasteiger partial charge in [-0.1, -0.05) is 0 Å². The van der Waals surface area contributed by atoms with Gasteiger partial charge in [0.2, 0.25) is 0 Å². The third-order valence-electron chi connectivity index (χ3n) is 3.45. The predicted octanol–water partition coefficient (Wildman–Crippen LogP) is 2.13. The molecule has 0 aliphatic carbocycles. The largest absolute Gasteiger partial charge is 0.466 e. The summed E-state index contributed by atoms with van der Waals surface area (Å²) in [5.41, 5.74) is 10.4. The van der Waals surface area contributed by atoms with Crippen LogP contribution in [0.15, 0.2) is 24.3 Å². The Morgan fingerprint density at radius 2 is 2.14 bits per heavy atom. The lowest BCUT2D eigenvalue weighted by molar-refractivity contribution is -0.143. The van der Waals surface area contributed by atoms with Gasteiger partial charge < -0.3 is 15.0 Å². The van der Waals surface area contributed by atoms with Gasteiger partial charge in [-0.15, -0.1) is 0 Å². The molecule has 2 N–H and O–H groups in total. The zero-order chi connectivity index (χ0) is 15.0. The Morgan fingerprint density at radius 1 is 1.33 bits per heavy atom. The van der Waals surface area contributed by atoms with E-state index in [4.69, 9.17) is 10.5 Å². The summed E-state index contributed by atoms with van der Waals surface area (Å²) in [6, 6.07) is 7.71. The average molecular weight is 286 g/mol. The van der Waals surface area contributed by atoms with E-state index in [-0.39, 0.29) is 5.97 Å². The molecule has 110 valence electrons. The van der Waals surface area contributed by atoms with Crippen molar-refractivity contribution in [1.29, 1.82) is 0 Å². The zero-order valence-corrected chi connectivity index (χ0v) is 12.2.